The van der Waals surface area contributed by atoms with E-state index in [2.05, 4.69) is 10.6 Å². The van der Waals surface area contributed by atoms with Crippen LogP contribution < -0.4 is 15.4 Å². The molecule has 0 aliphatic rings. The number of nitrogens with zero attached hydrogens (tertiary/aromatic N) is 1. The molecule has 0 unspecified atom stereocenters. The Morgan fingerprint density at radius 2 is 2.10 bits per heavy atom. The zero-order valence-electron chi connectivity index (χ0n) is 12.6. The van der Waals surface area contributed by atoms with Crippen molar-refractivity contribution in [3.8, 4) is 5.75 Å². The Hall–Kier alpha value is -1.79. The first-order valence-corrected chi connectivity index (χ1v) is 6.82. The van der Waals surface area contributed by atoms with Crippen molar-refractivity contribution >= 4 is 29.1 Å². The minimum absolute atomic E-state index is 0.0737. The molecule has 7 heteroatoms. The van der Waals surface area contributed by atoms with Crippen LogP contribution in [0.5, 0.6) is 5.75 Å². The van der Waals surface area contributed by atoms with Crippen molar-refractivity contribution in [1.29, 1.82) is 0 Å². The Morgan fingerprint density at radius 1 is 1.43 bits per heavy atom. The van der Waals surface area contributed by atoms with Crippen molar-refractivity contribution < 1.29 is 14.3 Å². The molecular formula is C14H20ClN3O3. The van der Waals surface area contributed by atoms with Crippen molar-refractivity contribution in [2.45, 2.75) is 13.0 Å². The lowest BCUT2D eigenvalue weighted by Gasteiger charge is -2.22. The van der Waals surface area contributed by atoms with Gasteiger partial charge >= 0.3 is 0 Å². The first-order chi connectivity index (χ1) is 9.88. The molecule has 0 bridgehead atoms. The van der Waals surface area contributed by atoms with E-state index in [0.29, 0.717) is 16.5 Å². The molecule has 1 aromatic carbocycles. The summed E-state index contributed by atoms with van der Waals surface area (Å²) < 4.78 is 5.16. The zero-order chi connectivity index (χ0) is 16.0. The lowest BCUT2D eigenvalue weighted by molar-refractivity contribution is -0.126. The number of hydrogen-bond donors (Lipinski definition) is 2. The van der Waals surface area contributed by atoms with Gasteiger partial charge in [-0.2, -0.15) is 0 Å². The standard InChI is InChI=1S/C14H20ClN3O3/c1-9(14(20)16-2)18(3)8-13(19)17-11-7-10(15)5-6-12(11)21-4/h5-7,9H,8H2,1-4H3,(H,16,20)(H,17,19)/t9-/m1/s1. The number of anilines is 1. The average molecular weight is 314 g/mol. The van der Waals surface area contributed by atoms with Crippen LogP contribution in [0.3, 0.4) is 0 Å². The third kappa shape index (κ3) is 4.91. The second-order valence-corrected chi connectivity index (χ2v) is 5.03. The lowest BCUT2D eigenvalue weighted by atomic mass is 10.2. The van der Waals surface area contributed by atoms with Gasteiger partial charge in [-0.15, -0.1) is 0 Å². The highest BCUT2D eigenvalue weighted by atomic mass is 35.5. The van der Waals surface area contributed by atoms with E-state index in [1.165, 1.54) is 7.11 Å². The first kappa shape index (κ1) is 17.3. The number of hydrogen-bond acceptors (Lipinski definition) is 4. The molecule has 1 rings (SSSR count). The third-order valence-electron chi connectivity index (χ3n) is 3.12. The maximum Gasteiger partial charge on any atom is 0.238 e. The van der Waals surface area contributed by atoms with Crippen molar-refractivity contribution in [3.63, 3.8) is 0 Å². The summed E-state index contributed by atoms with van der Waals surface area (Å²) in [6.45, 7) is 1.80. The number of ether oxygens (including phenoxy) is 1. The van der Waals surface area contributed by atoms with Gasteiger partial charge in [-0.25, -0.2) is 0 Å². The molecule has 116 valence electrons. The van der Waals surface area contributed by atoms with Gasteiger partial charge in [0.25, 0.3) is 0 Å². The number of likely N-dealkylation sites (N-methyl/N-ethyl adjacent to an activating group) is 2. The molecule has 0 spiro atoms. The lowest BCUT2D eigenvalue weighted by Crippen LogP contribution is -2.44. The van der Waals surface area contributed by atoms with Gasteiger partial charge < -0.3 is 15.4 Å². The smallest absolute Gasteiger partial charge is 0.238 e. The van der Waals surface area contributed by atoms with Crippen molar-refractivity contribution in [2.24, 2.45) is 0 Å². The van der Waals surface area contributed by atoms with Crippen LogP contribution >= 0.6 is 11.6 Å². The molecule has 0 aliphatic carbocycles. The molecule has 1 atom stereocenters. The Labute approximate surface area is 129 Å². The topological polar surface area (TPSA) is 70.7 Å². The summed E-state index contributed by atoms with van der Waals surface area (Å²) in [5.74, 6) is 0.120. The maximum absolute atomic E-state index is 12.0. The van der Waals surface area contributed by atoms with Crippen LogP contribution in [0.15, 0.2) is 18.2 Å². The molecule has 1 aromatic rings. The molecule has 0 saturated carbocycles. The summed E-state index contributed by atoms with van der Waals surface area (Å²) in [5, 5.41) is 5.77. The van der Waals surface area contributed by atoms with Gasteiger partial charge in [0.05, 0.1) is 25.4 Å². The highest BCUT2D eigenvalue weighted by Gasteiger charge is 2.19. The minimum atomic E-state index is -0.401. The van der Waals surface area contributed by atoms with E-state index in [1.807, 2.05) is 0 Å². The minimum Gasteiger partial charge on any atom is -0.495 e. The molecule has 21 heavy (non-hydrogen) atoms. The Balaban J connectivity index is 2.70. The number of halogens is 1. The van der Waals surface area contributed by atoms with Crippen LogP contribution in [0.2, 0.25) is 5.02 Å². The van der Waals surface area contributed by atoms with Gasteiger partial charge in [-0.3, -0.25) is 14.5 Å². The Kier molecular flexibility index (Phi) is 6.45. The van der Waals surface area contributed by atoms with Gasteiger partial charge in [-0.1, -0.05) is 11.6 Å². The fourth-order valence-corrected chi connectivity index (χ4v) is 1.91. The highest BCUT2D eigenvalue weighted by molar-refractivity contribution is 6.31. The summed E-state index contributed by atoms with van der Waals surface area (Å²) in [4.78, 5) is 25.2. The molecule has 0 radical (unpaired) electrons. The third-order valence-corrected chi connectivity index (χ3v) is 3.35. The molecule has 0 heterocycles. The summed E-state index contributed by atoms with van der Waals surface area (Å²) in [7, 11) is 4.77. The SMILES string of the molecule is CNC(=O)[C@@H](C)N(C)CC(=O)Nc1cc(Cl)ccc1OC. The molecule has 0 fully saturated rings. The molecule has 2 N–H and O–H groups in total. The van der Waals surface area contributed by atoms with E-state index in [1.54, 1.807) is 44.1 Å². The van der Waals surface area contributed by atoms with Gasteiger partial charge in [0.1, 0.15) is 5.75 Å². The molecule has 0 saturated heterocycles. The average Bonchev–Trinajstić information content (AvgIpc) is 2.45. The number of benzene rings is 1. The Morgan fingerprint density at radius 3 is 2.67 bits per heavy atom. The Bertz CT molecular complexity index is 522. The molecule has 0 aromatic heterocycles. The van der Waals surface area contributed by atoms with E-state index in [4.69, 9.17) is 16.3 Å². The second-order valence-electron chi connectivity index (χ2n) is 4.60. The fraction of sp³-hybridized carbons (Fsp3) is 0.429. The molecule has 6 nitrogen and oxygen atoms in total. The fourth-order valence-electron chi connectivity index (χ4n) is 1.74. The van der Waals surface area contributed by atoms with Gasteiger partial charge in [0.2, 0.25) is 11.8 Å². The highest BCUT2D eigenvalue weighted by Crippen LogP contribution is 2.27. The van der Waals surface area contributed by atoms with Crippen LogP contribution in [-0.4, -0.2) is 50.5 Å². The number of carbonyl (C=O) groups excluding carboxylic acids is 2. The van der Waals surface area contributed by atoms with Crippen molar-refractivity contribution in [3.05, 3.63) is 23.2 Å². The van der Waals surface area contributed by atoms with Crippen molar-refractivity contribution in [2.75, 3.05) is 33.1 Å². The monoisotopic (exact) mass is 313 g/mol. The molecule has 2 amide bonds. The predicted octanol–water partition coefficient (Wildman–Crippen LogP) is 1.35. The van der Waals surface area contributed by atoms with Gasteiger partial charge in [0.15, 0.2) is 0 Å². The normalized spacial score (nSPS) is 11.9. The number of rotatable bonds is 6. The van der Waals surface area contributed by atoms with Crippen molar-refractivity contribution in [1.82, 2.24) is 10.2 Å². The summed E-state index contributed by atoms with van der Waals surface area (Å²) in [6.07, 6.45) is 0. The second kappa shape index (κ2) is 7.85. The largest absolute Gasteiger partial charge is 0.495 e. The number of carbonyl (C=O) groups is 2. The number of methoxy groups -OCH3 is 1. The van der Waals surface area contributed by atoms with E-state index in [-0.39, 0.29) is 18.4 Å². The number of nitrogens with one attached hydrogen (secondary N) is 2. The van der Waals surface area contributed by atoms with E-state index in [0.717, 1.165) is 0 Å². The molecular weight excluding hydrogens is 294 g/mol. The van der Waals surface area contributed by atoms with Crippen LogP contribution in [0, 0.1) is 0 Å². The zero-order valence-corrected chi connectivity index (χ0v) is 13.3. The van der Waals surface area contributed by atoms with Gasteiger partial charge in [0, 0.05) is 12.1 Å². The number of amides is 2. The summed E-state index contributed by atoms with van der Waals surface area (Å²) in [5.41, 5.74) is 0.496. The quantitative estimate of drug-likeness (QED) is 0.832. The molecule has 0 aliphatic heterocycles. The van der Waals surface area contributed by atoms with Gasteiger partial charge in [-0.05, 0) is 32.2 Å². The van der Waals surface area contributed by atoms with E-state index in [9.17, 15) is 9.59 Å². The van der Waals surface area contributed by atoms with E-state index < -0.39 is 6.04 Å². The van der Waals surface area contributed by atoms with Crippen LogP contribution in [0.4, 0.5) is 5.69 Å². The maximum atomic E-state index is 12.0. The summed E-state index contributed by atoms with van der Waals surface area (Å²) >= 11 is 5.90. The van der Waals surface area contributed by atoms with E-state index >= 15 is 0 Å². The van der Waals surface area contributed by atoms with Crippen LogP contribution in [0.25, 0.3) is 0 Å². The summed E-state index contributed by atoms with van der Waals surface area (Å²) in [6, 6.07) is 4.56. The first-order valence-electron chi connectivity index (χ1n) is 6.44. The van der Waals surface area contributed by atoms with Crippen LogP contribution in [0.1, 0.15) is 6.92 Å². The predicted molar refractivity (Wildman–Crippen MR) is 82.8 cm³/mol. The van der Waals surface area contributed by atoms with Crippen LogP contribution in [-0.2, 0) is 9.59 Å².